The summed E-state index contributed by atoms with van der Waals surface area (Å²) in [7, 11) is 0. The molecule has 0 spiro atoms. The first-order chi connectivity index (χ1) is 14.1. The summed E-state index contributed by atoms with van der Waals surface area (Å²) >= 11 is 3.41. The van der Waals surface area contributed by atoms with Crippen molar-refractivity contribution in [3.8, 4) is 11.5 Å². The molecule has 0 bridgehead atoms. The van der Waals surface area contributed by atoms with Crippen LogP contribution in [0.3, 0.4) is 0 Å². The van der Waals surface area contributed by atoms with Crippen molar-refractivity contribution in [2.75, 3.05) is 6.61 Å². The molecule has 0 atom stereocenters. The molecule has 0 saturated heterocycles. The fraction of sp³-hybridized carbons (Fsp3) is 0.130. The minimum atomic E-state index is -0.286. The van der Waals surface area contributed by atoms with Crippen LogP contribution in [0.2, 0.25) is 0 Å². The Morgan fingerprint density at radius 2 is 1.55 bits per heavy atom. The Morgan fingerprint density at radius 3 is 2.21 bits per heavy atom. The molecule has 0 aliphatic heterocycles. The minimum absolute atomic E-state index is 0.286. The molecule has 0 aliphatic rings. The number of hydrogen-bond acceptors (Lipinski definition) is 4. The zero-order valence-electron chi connectivity index (χ0n) is 16.0. The summed E-state index contributed by atoms with van der Waals surface area (Å²) in [5.41, 5.74) is 4.96. The van der Waals surface area contributed by atoms with Crippen LogP contribution in [0.4, 0.5) is 0 Å². The van der Waals surface area contributed by atoms with Crippen molar-refractivity contribution >= 4 is 28.1 Å². The van der Waals surface area contributed by atoms with Gasteiger partial charge < -0.3 is 9.47 Å². The third-order valence-electron chi connectivity index (χ3n) is 4.01. The Balaban J connectivity index is 1.49. The van der Waals surface area contributed by atoms with Crippen LogP contribution < -0.4 is 14.9 Å². The smallest absolute Gasteiger partial charge is 0.271 e. The Hall–Kier alpha value is -3.12. The monoisotopic (exact) mass is 452 g/mol. The molecule has 5 nitrogen and oxygen atoms in total. The van der Waals surface area contributed by atoms with Gasteiger partial charge in [-0.2, -0.15) is 5.10 Å². The number of ether oxygens (including phenoxy) is 2. The molecule has 0 saturated carbocycles. The average Bonchev–Trinajstić information content (AvgIpc) is 2.75. The van der Waals surface area contributed by atoms with Gasteiger partial charge in [-0.05, 0) is 78.7 Å². The first-order valence-corrected chi connectivity index (χ1v) is 9.97. The summed E-state index contributed by atoms with van der Waals surface area (Å²) in [5.74, 6) is 1.21. The number of carbonyl (C=O) groups excluding carboxylic acids is 1. The first kappa shape index (κ1) is 20.6. The summed E-state index contributed by atoms with van der Waals surface area (Å²) in [5, 5.41) is 4.00. The molecule has 3 aromatic carbocycles. The number of rotatable bonds is 8. The Bertz CT molecular complexity index is 953. The molecule has 0 fully saturated rings. The van der Waals surface area contributed by atoms with Crippen molar-refractivity contribution < 1.29 is 14.3 Å². The third-order valence-corrected chi connectivity index (χ3v) is 4.53. The lowest BCUT2D eigenvalue weighted by atomic mass is 10.2. The van der Waals surface area contributed by atoms with Gasteiger partial charge in [-0.3, -0.25) is 4.79 Å². The van der Waals surface area contributed by atoms with Crippen LogP contribution in [0.25, 0.3) is 0 Å². The number of carbonyl (C=O) groups is 1. The predicted molar refractivity (Wildman–Crippen MR) is 118 cm³/mol. The van der Waals surface area contributed by atoms with E-state index in [0.717, 1.165) is 21.3 Å². The van der Waals surface area contributed by atoms with E-state index < -0.39 is 0 Å². The molecule has 0 unspecified atom stereocenters. The van der Waals surface area contributed by atoms with Gasteiger partial charge >= 0.3 is 0 Å². The minimum Gasteiger partial charge on any atom is -0.494 e. The number of halogens is 1. The highest BCUT2D eigenvalue weighted by molar-refractivity contribution is 9.10. The van der Waals surface area contributed by atoms with Crippen LogP contribution in [-0.4, -0.2) is 18.7 Å². The van der Waals surface area contributed by atoms with Crippen molar-refractivity contribution in [2.24, 2.45) is 5.10 Å². The van der Waals surface area contributed by atoms with E-state index in [2.05, 4.69) is 26.5 Å². The van der Waals surface area contributed by atoms with Gasteiger partial charge in [0, 0.05) is 10.0 Å². The van der Waals surface area contributed by atoms with Crippen LogP contribution >= 0.6 is 15.9 Å². The molecule has 0 aliphatic carbocycles. The topological polar surface area (TPSA) is 59.9 Å². The maximum atomic E-state index is 12.2. The molecule has 0 radical (unpaired) electrons. The lowest BCUT2D eigenvalue weighted by Crippen LogP contribution is -2.17. The third kappa shape index (κ3) is 6.47. The first-order valence-electron chi connectivity index (χ1n) is 9.17. The normalized spacial score (nSPS) is 10.7. The van der Waals surface area contributed by atoms with Gasteiger partial charge in [-0.1, -0.05) is 28.1 Å². The molecular weight excluding hydrogens is 432 g/mol. The molecule has 3 rings (SSSR count). The Kier molecular flexibility index (Phi) is 7.41. The van der Waals surface area contributed by atoms with E-state index in [4.69, 9.17) is 9.47 Å². The van der Waals surface area contributed by atoms with E-state index in [1.807, 2.05) is 55.5 Å². The molecule has 6 heteroatoms. The second kappa shape index (κ2) is 10.4. The molecule has 0 heterocycles. The van der Waals surface area contributed by atoms with E-state index in [1.54, 1.807) is 30.5 Å². The summed E-state index contributed by atoms with van der Waals surface area (Å²) in [6.07, 6.45) is 1.59. The number of hydrogen-bond donors (Lipinski definition) is 1. The van der Waals surface area contributed by atoms with E-state index in [9.17, 15) is 4.79 Å². The molecule has 148 valence electrons. The highest BCUT2D eigenvalue weighted by atomic mass is 79.9. The molecule has 29 heavy (non-hydrogen) atoms. The number of amides is 1. The molecular formula is C23H21BrN2O3. The lowest BCUT2D eigenvalue weighted by Gasteiger charge is -2.07. The summed E-state index contributed by atoms with van der Waals surface area (Å²) in [6.45, 7) is 3.02. The molecule has 1 N–H and O–H groups in total. The molecule has 0 aromatic heterocycles. The largest absolute Gasteiger partial charge is 0.494 e. The number of hydrazone groups is 1. The standard InChI is InChI=1S/C23H21BrN2O3/c1-2-28-21-11-5-17(6-12-21)15-25-26-23(27)19-7-13-22(14-8-19)29-16-18-3-9-20(24)10-4-18/h3-15H,2,16H2,1H3,(H,26,27)/b25-15+. The van der Waals surface area contributed by atoms with Crippen LogP contribution in [0.1, 0.15) is 28.4 Å². The quantitative estimate of drug-likeness (QED) is 0.377. The number of benzene rings is 3. The zero-order valence-corrected chi connectivity index (χ0v) is 17.6. The molecule has 1 amide bonds. The molecule has 3 aromatic rings. The van der Waals surface area contributed by atoms with Gasteiger partial charge in [0.1, 0.15) is 18.1 Å². The van der Waals surface area contributed by atoms with E-state index in [-0.39, 0.29) is 5.91 Å². The Labute approximate surface area is 178 Å². The van der Waals surface area contributed by atoms with Gasteiger partial charge in [-0.15, -0.1) is 0 Å². The SMILES string of the molecule is CCOc1ccc(/C=N/NC(=O)c2ccc(OCc3ccc(Br)cc3)cc2)cc1. The van der Waals surface area contributed by atoms with Gasteiger partial charge in [-0.25, -0.2) is 5.43 Å². The van der Waals surface area contributed by atoms with Gasteiger partial charge in [0.05, 0.1) is 12.8 Å². The maximum Gasteiger partial charge on any atom is 0.271 e. The zero-order chi connectivity index (χ0) is 20.5. The van der Waals surface area contributed by atoms with Crippen molar-refractivity contribution in [1.29, 1.82) is 0 Å². The second-order valence-corrected chi connectivity index (χ2v) is 7.06. The highest BCUT2D eigenvalue weighted by Gasteiger charge is 2.05. The van der Waals surface area contributed by atoms with Crippen LogP contribution in [0.5, 0.6) is 11.5 Å². The van der Waals surface area contributed by atoms with Gasteiger partial charge in [0.25, 0.3) is 5.91 Å². The van der Waals surface area contributed by atoms with Crippen molar-refractivity contribution in [2.45, 2.75) is 13.5 Å². The lowest BCUT2D eigenvalue weighted by molar-refractivity contribution is 0.0955. The summed E-state index contributed by atoms with van der Waals surface area (Å²) in [4.78, 5) is 12.2. The number of nitrogens with one attached hydrogen (secondary N) is 1. The Morgan fingerprint density at radius 1 is 0.931 bits per heavy atom. The van der Waals surface area contributed by atoms with Gasteiger partial charge in [0.15, 0.2) is 0 Å². The van der Waals surface area contributed by atoms with Crippen LogP contribution in [0, 0.1) is 0 Å². The van der Waals surface area contributed by atoms with E-state index in [1.165, 1.54) is 0 Å². The maximum absolute atomic E-state index is 12.2. The average molecular weight is 453 g/mol. The van der Waals surface area contributed by atoms with Gasteiger partial charge in [0.2, 0.25) is 0 Å². The number of nitrogens with zero attached hydrogens (tertiary/aromatic N) is 1. The van der Waals surface area contributed by atoms with Crippen LogP contribution in [0.15, 0.2) is 82.4 Å². The van der Waals surface area contributed by atoms with Crippen molar-refractivity contribution in [1.82, 2.24) is 5.43 Å². The van der Waals surface area contributed by atoms with E-state index >= 15 is 0 Å². The predicted octanol–water partition coefficient (Wildman–Crippen LogP) is 5.19. The van der Waals surface area contributed by atoms with E-state index in [0.29, 0.717) is 24.5 Å². The van der Waals surface area contributed by atoms with Crippen LogP contribution in [-0.2, 0) is 6.61 Å². The summed E-state index contributed by atoms with van der Waals surface area (Å²) in [6, 6.07) is 22.4. The fourth-order valence-corrected chi connectivity index (χ4v) is 2.76. The summed E-state index contributed by atoms with van der Waals surface area (Å²) < 4.78 is 12.2. The highest BCUT2D eigenvalue weighted by Crippen LogP contribution is 2.16. The second-order valence-electron chi connectivity index (χ2n) is 6.14. The van der Waals surface area contributed by atoms with Crippen molar-refractivity contribution in [3.63, 3.8) is 0 Å². The fourth-order valence-electron chi connectivity index (χ4n) is 2.50. The van der Waals surface area contributed by atoms with Crippen molar-refractivity contribution in [3.05, 3.63) is 94.0 Å².